The van der Waals surface area contributed by atoms with E-state index in [1.54, 1.807) is 55.5 Å². The van der Waals surface area contributed by atoms with Gasteiger partial charge < -0.3 is 39.0 Å². The monoisotopic (exact) mass is 781 g/mol. The summed E-state index contributed by atoms with van der Waals surface area (Å²) in [5, 5.41) is 7.20. The highest BCUT2D eigenvalue weighted by Gasteiger charge is 2.38. The molecule has 0 bridgehead atoms. The van der Waals surface area contributed by atoms with E-state index in [2.05, 4.69) is 10.6 Å². The number of ether oxygens (including phenoxy) is 3. The van der Waals surface area contributed by atoms with Gasteiger partial charge in [0, 0.05) is 23.4 Å². The highest BCUT2D eigenvalue weighted by Crippen LogP contribution is 2.35. The molecule has 0 aliphatic rings. The number of hydrogen-bond donors (Lipinski definition) is 4. The topological polar surface area (TPSA) is 196 Å². The standard InChI is InChI=1S/C41H40N3O11P/c1-27(29-10-4-3-5-11-29)42-38(46)41(2,43-39(47)52-25-33-22-31-12-6-9-15-36(31)55-33)23-32-24-44(35-14-8-7-13-34(32)35)40(48)54-26-53-37(45)30-18-16-28(17-19-30)20-21-56(49,50)51/h3-19,22,24,27H,20-21,23,25-26H2,1-2H3,(H,42,46)(H,43,47)(H2,49,50,51)/t27?,41-/m1/s1. The van der Waals surface area contributed by atoms with Gasteiger partial charge in [-0.2, -0.15) is 0 Å². The van der Waals surface area contributed by atoms with Crippen molar-refractivity contribution in [3.8, 4) is 0 Å². The molecule has 56 heavy (non-hydrogen) atoms. The van der Waals surface area contributed by atoms with E-state index in [9.17, 15) is 23.7 Å². The molecule has 0 fully saturated rings. The van der Waals surface area contributed by atoms with Gasteiger partial charge in [0.25, 0.3) is 0 Å². The first-order chi connectivity index (χ1) is 26.8. The third kappa shape index (κ3) is 9.90. The fourth-order valence-corrected chi connectivity index (χ4v) is 6.71. The van der Waals surface area contributed by atoms with Crippen LogP contribution in [0, 0.1) is 0 Å². The smallest absolute Gasteiger partial charge is 0.421 e. The largest absolute Gasteiger partial charge is 0.457 e. The third-order valence-electron chi connectivity index (χ3n) is 9.14. The maximum Gasteiger partial charge on any atom is 0.421 e. The van der Waals surface area contributed by atoms with Gasteiger partial charge in [-0.15, -0.1) is 0 Å². The maximum atomic E-state index is 14.1. The minimum Gasteiger partial charge on any atom is -0.457 e. The lowest BCUT2D eigenvalue weighted by Crippen LogP contribution is -2.58. The number of nitrogens with zero attached hydrogens (tertiary/aromatic N) is 1. The number of para-hydroxylation sites is 2. The molecule has 4 N–H and O–H groups in total. The maximum absolute atomic E-state index is 14.1. The van der Waals surface area contributed by atoms with E-state index in [0.29, 0.717) is 33.4 Å². The van der Waals surface area contributed by atoms with Gasteiger partial charge in [-0.05, 0) is 67.3 Å². The zero-order chi connectivity index (χ0) is 39.9. The highest BCUT2D eigenvalue weighted by atomic mass is 31.2. The van der Waals surface area contributed by atoms with E-state index < -0.39 is 50.0 Å². The number of carbonyl (C=O) groups is 4. The molecule has 6 aromatic rings. The van der Waals surface area contributed by atoms with Crippen LogP contribution in [0.3, 0.4) is 0 Å². The molecule has 2 aromatic heterocycles. The minimum absolute atomic E-state index is 0.0694. The number of aromatic nitrogens is 1. The summed E-state index contributed by atoms with van der Waals surface area (Å²) in [6.07, 6.45) is -0.495. The number of carbonyl (C=O) groups excluding carboxylic acids is 4. The lowest BCUT2D eigenvalue weighted by atomic mass is 9.91. The van der Waals surface area contributed by atoms with Crippen molar-refractivity contribution in [2.45, 2.75) is 44.9 Å². The first-order valence-electron chi connectivity index (χ1n) is 17.6. The van der Waals surface area contributed by atoms with Crippen molar-refractivity contribution in [3.05, 3.63) is 143 Å². The van der Waals surface area contributed by atoms with Crippen LogP contribution in [-0.4, -0.2) is 56.9 Å². The molecule has 1 unspecified atom stereocenters. The summed E-state index contributed by atoms with van der Waals surface area (Å²) < 4.78 is 34.1. The Labute approximate surface area is 321 Å². The Morgan fingerprint density at radius 3 is 2.30 bits per heavy atom. The van der Waals surface area contributed by atoms with Gasteiger partial charge in [-0.25, -0.2) is 14.4 Å². The molecule has 2 amide bonds. The molecule has 0 aliphatic heterocycles. The van der Waals surface area contributed by atoms with Gasteiger partial charge in [0.05, 0.1) is 23.3 Å². The quantitative estimate of drug-likeness (QED) is 0.0504. The Bertz CT molecular complexity index is 2370. The number of fused-ring (bicyclic) bond motifs is 2. The van der Waals surface area contributed by atoms with Gasteiger partial charge >= 0.3 is 25.8 Å². The van der Waals surface area contributed by atoms with Crippen LogP contribution >= 0.6 is 7.60 Å². The third-order valence-corrected chi connectivity index (χ3v) is 9.94. The van der Waals surface area contributed by atoms with Crippen molar-refractivity contribution in [2.75, 3.05) is 13.0 Å². The molecule has 14 nitrogen and oxygen atoms in total. The zero-order valence-corrected chi connectivity index (χ0v) is 31.4. The normalized spacial score (nSPS) is 13.1. The van der Waals surface area contributed by atoms with Gasteiger partial charge in [-0.3, -0.25) is 13.9 Å². The predicted octanol–water partition coefficient (Wildman–Crippen LogP) is 7.01. The van der Waals surface area contributed by atoms with Crippen LogP contribution in [0.2, 0.25) is 0 Å². The van der Waals surface area contributed by atoms with Crippen molar-refractivity contribution in [2.24, 2.45) is 0 Å². The van der Waals surface area contributed by atoms with Gasteiger partial charge in [0.1, 0.15) is 16.9 Å². The molecular weight excluding hydrogens is 741 g/mol. The number of esters is 1. The van der Waals surface area contributed by atoms with Crippen LogP contribution in [0.4, 0.5) is 9.59 Å². The first-order valence-corrected chi connectivity index (χ1v) is 19.4. The van der Waals surface area contributed by atoms with E-state index in [1.165, 1.54) is 22.9 Å². The van der Waals surface area contributed by atoms with Crippen LogP contribution in [0.1, 0.15) is 52.7 Å². The Morgan fingerprint density at radius 2 is 1.57 bits per heavy atom. The van der Waals surface area contributed by atoms with Crippen molar-refractivity contribution in [1.29, 1.82) is 0 Å². The molecule has 0 aliphatic carbocycles. The van der Waals surface area contributed by atoms with E-state index in [1.807, 2.05) is 55.5 Å². The van der Waals surface area contributed by atoms with Crippen LogP contribution in [-0.2, 0) is 43.0 Å². The summed E-state index contributed by atoms with van der Waals surface area (Å²) in [5.74, 6) is -0.857. The molecule has 290 valence electrons. The van der Waals surface area contributed by atoms with Gasteiger partial charge in [-0.1, -0.05) is 78.9 Å². The SMILES string of the molecule is CC(NC(=O)[C@@](C)(Cc1cn(C(=O)OCOC(=O)c2ccc(CCP(=O)(O)O)cc2)c2ccccc12)NC(=O)OCc1cc2ccccc2o1)c1ccccc1. The molecule has 4 aromatic carbocycles. The highest BCUT2D eigenvalue weighted by molar-refractivity contribution is 7.51. The number of alkyl carbamates (subject to hydrolysis) is 1. The van der Waals surface area contributed by atoms with Gasteiger partial charge in [0.15, 0.2) is 6.61 Å². The molecular formula is C41H40N3O11P. The lowest BCUT2D eigenvalue weighted by molar-refractivity contribution is -0.127. The van der Waals surface area contributed by atoms with Crippen LogP contribution in [0.15, 0.2) is 120 Å². The molecule has 6 rings (SSSR count). The van der Waals surface area contributed by atoms with Crippen molar-refractivity contribution >= 4 is 53.5 Å². The number of hydrogen-bond acceptors (Lipinski definition) is 9. The minimum atomic E-state index is -4.16. The Morgan fingerprint density at radius 1 is 0.875 bits per heavy atom. The Balaban J connectivity index is 1.16. The van der Waals surface area contributed by atoms with Crippen molar-refractivity contribution in [3.63, 3.8) is 0 Å². The summed E-state index contributed by atoms with van der Waals surface area (Å²) in [5.41, 5.74) is 1.65. The summed E-state index contributed by atoms with van der Waals surface area (Å²) in [7, 11) is -4.16. The summed E-state index contributed by atoms with van der Waals surface area (Å²) in [6, 6.07) is 31.0. The van der Waals surface area contributed by atoms with E-state index in [-0.39, 0.29) is 31.2 Å². The lowest BCUT2D eigenvalue weighted by Gasteiger charge is -2.30. The fraction of sp³-hybridized carbons (Fsp3) is 0.220. The second kappa shape index (κ2) is 17.1. The second-order valence-electron chi connectivity index (χ2n) is 13.4. The predicted molar refractivity (Wildman–Crippen MR) is 206 cm³/mol. The van der Waals surface area contributed by atoms with Crippen LogP contribution in [0.25, 0.3) is 21.9 Å². The number of rotatable bonds is 14. The average Bonchev–Trinajstić information content (AvgIpc) is 3.77. The van der Waals surface area contributed by atoms with Crippen LogP contribution < -0.4 is 10.6 Å². The number of amides is 2. The number of furan rings is 1. The second-order valence-corrected chi connectivity index (χ2v) is 15.2. The molecule has 15 heteroatoms. The van der Waals surface area contributed by atoms with E-state index >= 15 is 0 Å². The fourth-order valence-electron chi connectivity index (χ4n) is 6.16. The van der Waals surface area contributed by atoms with Crippen molar-refractivity contribution in [1.82, 2.24) is 15.2 Å². The van der Waals surface area contributed by atoms with E-state index in [0.717, 1.165) is 10.9 Å². The Kier molecular flexibility index (Phi) is 12.0. The number of nitrogens with one attached hydrogen (secondary N) is 2. The molecule has 2 heterocycles. The molecule has 0 saturated heterocycles. The van der Waals surface area contributed by atoms with Gasteiger partial charge in [0.2, 0.25) is 12.7 Å². The number of benzene rings is 4. The summed E-state index contributed by atoms with van der Waals surface area (Å²) in [4.78, 5) is 71.6. The first kappa shape index (κ1) is 39.5. The zero-order valence-electron chi connectivity index (χ0n) is 30.5. The van der Waals surface area contributed by atoms with E-state index in [4.69, 9.17) is 28.4 Å². The average molecular weight is 782 g/mol. The molecule has 0 saturated carbocycles. The Hall–Kier alpha value is -6.21. The summed E-state index contributed by atoms with van der Waals surface area (Å²) >= 11 is 0. The molecule has 0 radical (unpaired) electrons. The van der Waals surface area contributed by atoms with Crippen molar-refractivity contribution < 1.29 is 52.2 Å². The molecule has 0 spiro atoms. The van der Waals surface area contributed by atoms with Crippen LogP contribution in [0.5, 0.6) is 0 Å². The number of aryl methyl sites for hydroxylation is 1. The summed E-state index contributed by atoms with van der Waals surface area (Å²) in [6.45, 7) is 2.50. The molecule has 2 atom stereocenters.